The van der Waals surface area contributed by atoms with Gasteiger partial charge in [-0.15, -0.1) is 0 Å². The lowest BCUT2D eigenvalue weighted by Gasteiger charge is -2.02. The van der Waals surface area contributed by atoms with E-state index in [0.717, 1.165) is 12.3 Å². The molecule has 17 heavy (non-hydrogen) atoms. The van der Waals surface area contributed by atoms with Crippen molar-refractivity contribution in [2.45, 2.75) is 6.92 Å². The summed E-state index contributed by atoms with van der Waals surface area (Å²) in [4.78, 5) is 29.6. The fourth-order valence-corrected chi connectivity index (χ4v) is 1.43. The molecule has 88 valence electrons. The van der Waals surface area contributed by atoms with Gasteiger partial charge in [-0.1, -0.05) is 0 Å². The zero-order valence-electron chi connectivity index (χ0n) is 8.99. The number of esters is 1. The lowest BCUT2D eigenvalue weighted by molar-refractivity contribution is 0.0524. The summed E-state index contributed by atoms with van der Waals surface area (Å²) in [7, 11) is 0. The molecule has 2 heterocycles. The normalized spacial score (nSPS) is 10.5. The zero-order valence-corrected chi connectivity index (χ0v) is 8.99. The van der Waals surface area contributed by atoms with Gasteiger partial charge in [0.2, 0.25) is 5.43 Å². The SMILES string of the molecule is CCOC(=O)c1c[nH]c2cc(F)cnc2c1=O. The molecule has 6 heteroatoms. The zero-order chi connectivity index (χ0) is 12.4. The van der Waals surface area contributed by atoms with Crippen molar-refractivity contribution >= 4 is 17.0 Å². The molecule has 0 aliphatic heterocycles. The summed E-state index contributed by atoms with van der Waals surface area (Å²) in [5.74, 6) is -1.28. The Kier molecular flexibility index (Phi) is 2.86. The van der Waals surface area contributed by atoms with E-state index in [1.807, 2.05) is 0 Å². The Morgan fingerprint density at radius 3 is 3.06 bits per heavy atom. The maximum absolute atomic E-state index is 12.9. The maximum atomic E-state index is 12.9. The van der Waals surface area contributed by atoms with Crippen LogP contribution in [0.1, 0.15) is 17.3 Å². The smallest absolute Gasteiger partial charge is 0.343 e. The van der Waals surface area contributed by atoms with Crippen LogP contribution in [0, 0.1) is 5.82 Å². The standard InChI is InChI=1S/C11H9FN2O3/c1-2-17-11(16)7-5-13-8-3-6(12)4-14-9(8)10(7)15/h3-5H,2H2,1H3,(H,13,15). The van der Waals surface area contributed by atoms with Crippen LogP contribution >= 0.6 is 0 Å². The number of fused-ring (bicyclic) bond motifs is 1. The van der Waals surface area contributed by atoms with E-state index in [0.29, 0.717) is 0 Å². The fraction of sp³-hybridized carbons (Fsp3) is 0.182. The minimum Gasteiger partial charge on any atom is -0.462 e. The summed E-state index contributed by atoms with van der Waals surface area (Å²) >= 11 is 0. The first-order valence-electron chi connectivity index (χ1n) is 4.97. The number of halogens is 1. The van der Waals surface area contributed by atoms with Crippen LogP contribution in [0.3, 0.4) is 0 Å². The Morgan fingerprint density at radius 1 is 1.59 bits per heavy atom. The molecule has 0 amide bonds. The van der Waals surface area contributed by atoms with Crippen LogP contribution in [-0.2, 0) is 4.74 Å². The van der Waals surface area contributed by atoms with Crippen molar-refractivity contribution in [2.24, 2.45) is 0 Å². The fourth-order valence-electron chi connectivity index (χ4n) is 1.43. The molecule has 2 rings (SSSR count). The quantitative estimate of drug-likeness (QED) is 0.796. The number of hydrogen-bond donors (Lipinski definition) is 1. The molecule has 0 atom stereocenters. The predicted octanol–water partition coefficient (Wildman–Crippen LogP) is 1.24. The first kappa shape index (κ1) is 11.3. The summed E-state index contributed by atoms with van der Waals surface area (Å²) in [6.07, 6.45) is 2.12. The van der Waals surface area contributed by atoms with Gasteiger partial charge in [-0.2, -0.15) is 0 Å². The molecule has 5 nitrogen and oxygen atoms in total. The van der Waals surface area contributed by atoms with Crippen LogP contribution in [0.25, 0.3) is 11.0 Å². The number of nitrogens with zero attached hydrogens (tertiary/aromatic N) is 1. The van der Waals surface area contributed by atoms with Gasteiger partial charge in [-0.3, -0.25) is 4.79 Å². The number of carbonyl (C=O) groups excluding carboxylic acids is 1. The second kappa shape index (κ2) is 4.32. The molecule has 2 aromatic heterocycles. The third-order valence-electron chi connectivity index (χ3n) is 2.18. The van der Waals surface area contributed by atoms with Gasteiger partial charge in [0.25, 0.3) is 0 Å². The average molecular weight is 236 g/mol. The van der Waals surface area contributed by atoms with E-state index in [4.69, 9.17) is 4.74 Å². The van der Waals surface area contributed by atoms with Gasteiger partial charge in [0.05, 0.1) is 18.3 Å². The van der Waals surface area contributed by atoms with Crippen molar-refractivity contribution in [3.8, 4) is 0 Å². The molecule has 0 spiro atoms. The van der Waals surface area contributed by atoms with E-state index in [-0.39, 0.29) is 23.2 Å². The van der Waals surface area contributed by atoms with Crippen LogP contribution in [0.15, 0.2) is 23.3 Å². The number of carbonyl (C=O) groups is 1. The summed E-state index contributed by atoms with van der Waals surface area (Å²) < 4.78 is 17.6. The van der Waals surface area contributed by atoms with Gasteiger partial charge < -0.3 is 9.72 Å². The molecule has 0 radical (unpaired) electrons. The van der Waals surface area contributed by atoms with Gasteiger partial charge in [-0.05, 0) is 6.92 Å². The van der Waals surface area contributed by atoms with Crippen molar-refractivity contribution in [3.63, 3.8) is 0 Å². The minimum absolute atomic E-state index is 0.0111. The average Bonchev–Trinajstić information content (AvgIpc) is 2.29. The van der Waals surface area contributed by atoms with Crippen molar-refractivity contribution in [2.75, 3.05) is 6.61 Å². The van der Waals surface area contributed by atoms with E-state index < -0.39 is 17.2 Å². The number of nitrogens with one attached hydrogen (secondary N) is 1. The van der Waals surface area contributed by atoms with Crippen molar-refractivity contribution in [3.05, 3.63) is 40.1 Å². The Hall–Kier alpha value is -2.24. The topological polar surface area (TPSA) is 72.1 Å². The maximum Gasteiger partial charge on any atom is 0.343 e. The molecule has 0 unspecified atom stereocenters. The van der Waals surface area contributed by atoms with Gasteiger partial charge in [0, 0.05) is 12.3 Å². The van der Waals surface area contributed by atoms with E-state index in [1.165, 1.54) is 6.20 Å². The highest BCUT2D eigenvalue weighted by atomic mass is 19.1. The Labute approximate surface area is 95.2 Å². The van der Waals surface area contributed by atoms with Gasteiger partial charge in [0.15, 0.2) is 0 Å². The van der Waals surface area contributed by atoms with Crippen LogP contribution in [0.5, 0.6) is 0 Å². The third-order valence-corrected chi connectivity index (χ3v) is 2.18. The van der Waals surface area contributed by atoms with E-state index >= 15 is 0 Å². The lowest BCUT2D eigenvalue weighted by Crippen LogP contribution is -2.18. The van der Waals surface area contributed by atoms with E-state index in [9.17, 15) is 14.0 Å². The largest absolute Gasteiger partial charge is 0.462 e. The van der Waals surface area contributed by atoms with Crippen LogP contribution < -0.4 is 5.43 Å². The number of rotatable bonds is 2. The molecule has 0 aliphatic rings. The van der Waals surface area contributed by atoms with Crippen molar-refractivity contribution in [1.82, 2.24) is 9.97 Å². The third kappa shape index (κ3) is 2.01. The highest BCUT2D eigenvalue weighted by molar-refractivity contribution is 5.92. The molecular formula is C11H9FN2O3. The Bertz CT molecular complexity index is 636. The van der Waals surface area contributed by atoms with E-state index in [2.05, 4.69) is 9.97 Å². The Morgan fingerprint density at radius 2 is 2.35 bits per heavy atom. The highest BCUT2D eigenvalue weighted by Crippen LogP contribution is 2.07. The molecule has 1 N–H and O–H groups in total. The summed E-state index contributed by atoms with van der Waals surface area (Å²) in [6, 6.07) is 1.14. The number of aromatic amines is 1. The molecular weight excluding hydrogens is 227 g/mol. The molecule has 2 aromatic rings. The molecule has 0 bridgehead atoms. The summed E-state index contributed by atoms with van der Waals surface area (Å²) in [5.41, 5.74) is -0.462. The van der Waals surface area contributed by atoms with Crippen LogP contribution in [0.4, 0.5) is 4.39 Å². The summed E-state index contributed by atoms with van der Waals surface area (Å²) in [6.45, 7) is 1.81. The number of aromatic nitrogens is 2. The Balaban J connectivity index is 2.62. The molecule has 0 saturated carbocycles. The molecule has 0 aromatic carbocycles. The first-order valence-corrected chi connectivity index (χ1v) is 4.97. The monoisotopic (exact) mass is 236 g/mol. The van der Waals surface area contributed by atoms with Gasteiger partial charge in [-0.25, -0.2) is 14.2 Å². The number of H-pyrrole nitrogens is 1. The van der Waals surface area contributed by atoms with Crippen molar-refractivity contribution < 1.29 is 13.9 Å². The lowest BCUT2D eigenvalue weighted by atomic mass is 10.2. The first-order chi connectivity index (χ1) is 8.13. The highest BCUT2D eigenvalue weighted by Gasteiger charge is 2.14. The van der Waals surface area contributed by atoms with Crippen molar-refractivity contribution in [1.29, 1.82) is 0 Å². The van der Waals surface area contributed by atoms with Crippen LogP contribution in [-0.4, -0.2) is 22.5 Å². The molecule has 0 aliphatic carbocycles. The van der Waals surface area contributed by atoms with Crippen LogP contribution in [0.2, 0.25) is 0 Å². The van der Waals surface area contributed by atoms with Gasteiger partial charge >= 0.3 is 5.97 Å². The predicted molar refractivity (Wildman–Crippen MR) is 58.3 cm³/mol. The second-order valence-corrected chi connectivity index (χ2v) is 3.30. The number of ether oxygens (including phenoxy) is 1. The minimum atomic E-state index is -0.721. The van der Waals surface area contributed by atoms with Gasteiger partial charge in [0.1, 0.15) is 16.9 Å². The van der Waals surface area contributed by atoms with E-state index in [1.54, 1.807) is 6.92 Å². The number of hydrogen-bond acceptors (Lipinski definition) is 4. The molecule has 0 saturated heterocycles. The summed E-state index contributed by atoms with van der Waals surface area (Å²) in [5, 5.41) is 0. The molecule has 0 fully saturated rings. The number of pyridine rings is 2. The second-order valence-electron chi connectivity index (χ2n) is 3.30.